The predicted molar refractivity (Wildman–Crippen MR) is 82.5 cm³/mol. The molecule has 3 rings (SSSR count). The molecule has 0 bridgehead atoms. The second-order valence-electron chi connectivity index (χ2n) is 5.75. The van der Waals surface area contributed by atoms with Crippen molar-refractivity contribution < 1.29 is 14.1 Å². The molecule has 1 unspecified atom stereocenters. The Labute approximate surface area is 133 Å². The molecule has 1 aliphatic heterocycles. The van der Waals surface area contributed by atoms with E-state index in [1.165, 1.54) is 0 Å². The van der Waals surface area contributed by atoms with Crippen LogP contribution in [0.1, 0.15) is 30.8 Å². The highest BCUT2D eigenvalue weighted by Gasteiger charge is 2.34. The number of amides is 2. The number of hydrogen-bond donors (Lipinski definition) is 1. The van der Waals surface area contributed by atoms with Crippen molar-refractivity contribution in [1.29, 1.82) is 0 Å². The maximum absolute atomic E-state index is 12.3. The summed E-state index contributed by atoms with van der Waals surface area (Å²) in [4.78, 5) is 30.1. The number of aromatic nitrogens is 2. The summed E-state index contributed by atoms with van der Waals surface area (Å²) in [6.45, 7) is 4.57. The Bertz CT molecular complexity index is 711. The van der Waals surface area contributed by atoms with Crippen LogP contribution in [-0.2, 0) is 4.79 Å². The number of nitrogens with zero attached hydrogens (tertiary/aromatic N) is 3. The maximum Gasteiger partial charge on any atom is 0.274 e. The highest BCUT2D eigenvalue weighted by Crippen LogP contribution is 2.20. The number of nitrogens with one attached hydrogen (secondary N) is 1. The van der Waals surface area contributed by atoms with Gasteiger partial charge in [-0.1, -0.05) is 5.16 Å². The van der Waals surface area contributed by atoms with Crippen LogP contribution in [0.15, 0.2) is 35.1 Å². The normalized spacial score (nSPS) is 17.8. The van der Waals surface area contributed by atoms with Gasteiger partial charge < -0.3 is 14.7 Å². The molecule has 0 spiro atoms. The van der Waals surface area contributed by atoms with Crippen LogP contribution >= 0.6 is 0 Å². The van der Waals surface area contributed by atoms with Crippen LogP contribution in [0.4, 0.5) is 0 Å². The van der Waals surface area contributed by atoms with Crippen molar-refractivity contribution >= 4 is 11.8 Å². The van der Waals surface area contributed by atoms with Gasteiger partial charge in [0, 0.05) is 36.6 Å². The van der Waals surface area contributed by atoms with E-state index in [-0.39, 0.29) is 17.6 Å². The van der Waals surface area contributed by atoms with Gasteiger partial charge in [-0.3, -0.25) is 14.6 Å². The van der Waals surface area contributed by atoms with Crippen LogP contribution in [-0.4, -0.2) is 45.5 Å². The summed E-state index contributed by atoms with van der Waals surface area (Å²) in [6, 6.07) is 4.73. The summed E-state index contributed by atoms with van der Waals surface area (Å²) >= 11 is 0. The van der Waals surface area contributed by atoms with Gasteiger partial charge in [0.15, 0.2) is 11.5 Å². The number of carbonyl (C=O) groups is 2. The van der Waals surface area contributed by atoms with Gasteiger partial charge in [-0.15, -0.1) is 0 Å². The summed E-state index contributed by atoms with van der Waals surface area (Å²) in [5.74, 6) is 0.0309. The van der Waals surface area contributed by atoms with E-state index in [1.807, 2.05) is 13.8 Å². The molecule has 1 fully saturated rings. The molecule has 2 aromatic rings. The maximum atomic E-state index is 12.3. The molecule has 0 aromatic carbocycles. The van der Waals surface area contributed by atoms with Crippen molar-refractivity contribution in [2.75, 3.05) is 6.54 Å². The molecule has 1 saturated heterocycles. The van der Waals surface area contributed by atoms with E-state index in [9.17, 15) is 9.59 Å². The first-order valence-corrected chi connectivity index (χ1v) is 7.54. The fourth-order valence-electron chi connectivity index (χ4n) is 2.62. The molecule has 1 N–H and O–H groups in total. The monoisotopic (exact) mass is 314 g/mol. The number of likely N-dealkylation sites (tertiary alicyclic amines) is 1. The molecule has 1 atom stereocenters. The van der Waals surface area contributed by atoms with Crippen LogP contribution < -0.4 is 5.32 Å². The lowest BCUT2D eigenvalue weighted by Gasteiger charge is -2.20. The molecule has 3 heterocycles. The molecule has 0 saturated carbocycles. The average Bonchev–Trinajstić information content (AvgIpc) is 3.16. The molecule has 120 valence electrons. The largest absolute Gasteiger partial charge is 0.355 e. The Morgan fingerprint density at radius 3 is 2.78 bits per heavy atom. The van der Waals surface area contributed by atoms with Gasteiger partial charge in [0.25, 0.3) is 5.91 Å². The van der Waals surface area contributed by atoms with Gasteiger partial charge in [-0.25, -0.2) is 0 Å². The second-order valence-corrected chi connectivity index (χ2v) is 5.75. The van der Waals surface area contributed by atoms with Crippen molar-refractivity contribution in [3.63, 3.8) is 0 Å². The predicted octanol–water partition coefficient (Wildman–Crippen LogP) is 1.48. The third-order valence-electron chi connectivity index (χ3n) is 3.88. The van der Waals surface area contributed by atoms with Crippen LogP contribution in [0, 0.1) is 0 Å². The van der Waals surface area contributed by atoms with E-state index in [0.29, 0.717) is 18.7 Å². The summed E-state index contributed by atoms with van der Waals surface area (Å²) in [7, 11) is 0. The minimum absolute atomic E-state index is 0.0498. The van der Waals surface area contributed by atoms with E-state index < -0.39 is 11.9 Å². The molecule has 0 radical (unpaired) electrons. The van der Waals surface area contributed by atoms with Crippen LogP contribution in [0.5, 0.6) is 0 Å². The highest BCUT2D eigenvalue weighted by atomic mass is 16.5. The molecule has 2 aromatic heterocycles. The van der Waals surface area contributed by atoms with Crippen LogP contribution in [0.2, 0.25) is 0 Å². The molecule has 1 aliphatic rings. The fraction of sp³-hybridized carbons (Fsp3) is 0.375. The SMILES string of the molecule is CC(C)N1CCC(NC(=O)c2cc(-c3ccncc3)on2)C1=O. The first kappa shape index (κ1) is 15.2. The Morgan fingerprint density at radius 2 is 2.13 bits per heavy atom. The topological polar surface area (TPSA) is 88.3 Å². The van der Waals surface area contributed by atoms with Crippen molar-refractivity contribution in [3.05, 3.63) is 36.3 Å². The summed E-state index contributed by atoms with van der Waals surface area (Å²) in [6.07, 6.45) is 3.88. The van der Waals surface area contributed by atoms with E-state index >= 15 is 0 Å². The zero-order valence-corrected chi connectivity index (χ0v) is 13.0. The summed E-state index contributed by atoms with van der Waals surface area (Å²) < 4.78 is 5.19. The Morgan fingerprint density at radius 1 is 1.39 bits per heavy atom. The smallest absolute Gasteiger partial charge is 0.274 e. The number of hydrogen-bond acceptors (Lipinski definition) is 5. The molecule has 2 amide bonds. The average molecular weight is 314 g/mol. The van der Waals surface area contributed by atoms with E-state index in [0.717, 1.165) is 5.56 Å². The number of pyridine rings is 1. The zero-order valence-electron chi connectivity index (χ0n) is 13.0. The fourth-order valence-corrected chi connectivity index (χ4v) is 2.62. The lowest BCUT2D eigenvalue weighted by Crippen LogP contribution is -2.43. The van der Waals surface area contributed by atoms with Gasteiger partial charge in [0.2, 0.25) is 5.91 Å². The molecule has 0 aliphatic carbocycles. The molecular formula is C16H18N4O3. The number of carbonyl (C=O) groups excluding carboxylic acids is 2. The Kier molecular flexibility index (Phi) is 4.10. The highest BCUT2D eigenvalue weighted by molar-refractivity contribution is 5.97. The van der Waals surface area contributed by atoms with Crippen molar-refractivity contribution in [3.8, 4) is 11.3 Å². The van der Waals surface area contributed by atoms with Crippen LogP contribution in [0.3, 0.4) is 0 Å². The summed E-state index contributed by atoms with van der Waals surface area (Å²) in [5, 5.41) is 6.51. The lowest BCUT2D eigenvalue weighted by atomic mass is 10.2. The molecular weight excluding hydrogens is 296 g/mol. The molecule has 23 heavy (non-hydrogen) atoms. The van der Waals surface area contributed by atoms with Crippen LogP contribution in [0.25, 0.3) is 11.3 Å². The zero-order chi connectivity index (χ0) is 16.4. The van der Waals surface area contributed by atoms with Crippen molar-refractivity contribution in [2.24, 2.45) is 0 Å². The standard InChI is InChI=1S/C16H18N4O3/c1-10(2)20-8-5-12(16(20)22)18-15(21)13-9-14(23-19-13)11-3-6-17-7-4-11/h3-4,6-7,9-10,12H,5,8H2,1-2H3,(H,18,21). The molecule has 7 heteroatoms. The van der Waals surface area contributed by atoms with Crippen molar-refractivity contribution in [2.45, 2.75) is 32.4 Å². The van der Waals surface area contributed by atoms with E-state index in [1.54, 1.807) is 35.5 Å². The first-order valence-electron chi connectivity index (χ1n) is 7.54. The lowest BCUT2D eigenvalue weighted by molar-refractivity contribution is -0.130. The van der Waals surface area contributed by atoms with Crippen molar-refractivity contribution in [1.82, 2.24) is 20.4 Å². The second kappa shape index (κ2) is 6.20. The van der Waals surface area contributed by atoms with Gasteiger partial charge in [0.05, 0.1) is 0 Å². The van der Waals surface area contributed by atoms with Gasteiger partial charge in [-0.05, 0) is 32.4 Å². The van der Waals surface area contributed by atoms with E-state index in [2.05, 4.69) is 15.5 Å². The first-order chi connectivity index (χ1) is 11.1. The van der Waals surface area contributed by atoms with E-state index in [4.69, 9.17) is 4.52 Å². The summed E-state index contributed by atoms with van der Waals surface area (Å²) in [5.41, 5.74) is 0.946. The number of rotatable bonds is 4. The Balaban J connectivity index is 1.68. The quantitative estimate of drug-likeness (QED) is 0.923. The third-order valence-corrected chi connectivity index (χ3v) is 3.88. The minimum atomic E-state index is -0.494. The Hall–Kier alpha value is -2.70. The minimum Gasteiger partial charge on any atom is -0.355 e. The van der Waals surface area contributed by atoms with Gasteiger partial charge in [0.1, 0.15) is 6.04 Å². The third kappa shape index (κ3) is 3.08. The molecule has 7 nitrogen and oxygen atoms in total. The van der Waals surface area contributed by atoms with Gasteiger partial charge in [-0.2, -0.15) is 0 Å². The van der Waals surface area contributed by atoms with Gasteiger partial charge >= 0.3 is 0 Å².